The van der Waals surface area contributed by atoms with Crippen LogP contribution in [0.3, 0.4) is 0 Å². The topological polar surface area (TPSA) is 32.3 Å². The van der Waals surface area contributed by atoms with Crippen LogP contribution >= 0.6 is 0 Å². The van der Waals surface area contributed by atoms with Gasteiger partial charge in [-0.2, -0.15) is 0 Å². The molecule has 1 aliphatic heterocycles. The molecule has 1 aromatic rings. The van der Waals surface area contributed by atoms with E-state index in [1.807, 2.05) is 13.8 Å². The van der Waals surface area contributed by atoms with Crippen molar-refractivity contribution in [2.45, 2.75) is 13.8 Å². The second kappa shape index (κ2) is 4.31. The van der Waals surface area contributed by atoms with Gasteiger partial charge < -0.3 is 10.2 Å². The third-order valence-corrected chi connectivity index (χ3v) is 2.61. The largest absolute Gasteiger partial charge is 0.374 e. The van der Waals surface area contributed by atoms with Gasteiger partial charge in [0.25, 0.3) is 0 Å². The molecule has 0 bridgehead atoms. The zero-order valence-electron chi connectivity index (χ0n) is 9.76. The lowest BCUT2D eigenvalue weighted by molar-refractivity contribution is -0.117. The van der Waals surface area contributed by atoms with E-state index in [1.54, 1.807) is 0 Å². The number of anilines is 2. The third kappa shape index (κ3) is 2.23. The van der Waals surface area contributed by atoms with Gasteiger partial charge in [0.2, 0.25) is 5.91 Å². The van der Waals surface area contributed by atoms with Crippen molar-refractivity contribution in [2.75, 3.05) is 23.3 Å². The molecule has 5 heteroatoms. The predicted octanol–water partition coefficient (Wildman–Crippen LogP) is 2.38. The number of nitrogens with zero attached hydrogens (tertiary/aromatic N) is 1. The number of carbonyl (C=O) groups excluding carboxylic acids is 1. The zero-order chi connectivity index (χ0) is 12.6. The molecular weight excluding hydrogens is 226 g/mol. The van der Waals surface area contributed by atoms with E-state index in [-0.39, 0.29) is 18.4 Å². The lowest BCUT2D eigenvalue weighted by atomic mass is 10.1. The molecule has 0 radical (unpaired) electrons. The minimum absolute atomic E-state index is 0.116. The molecule has 0 saturated carbocycles. The van der Waals surface area contributed by atoms with Crippen molar-refractivity contribution in [3.63, 3.8) is 0 Å². The molecular formula is C12H14F2N2O. The van der Waals surface area contributed by atoms with Gasteiger partial charge in [0.15, 0.2) is 11.6 Å². The van der Waals surface area contributed by atoms with Crippen LogP contribution in [0.4, 0.5) is 20.2 Å². The van der Waals surface area contributed by atoms with Crippen molar-refractivity contribution < 1.29 is 13.6 Å². The van der Waals surface area contributed by atoms with Crippen LogP contribution in [0.1, 0.15) is 13.8 Å². The summed E-state index contributed by atoms with van der Waals surface area (Å²) < 4.78 is 26.3. The molecule has 2 rings (SSSR count). The Morgan fingerprint density at radius 3 is 2.65 bits per heavy atom. The molecule has 0 saturated heterocycles. The summed E-state index contributed by atoms with van der Waals surface area (Å²) in [5.74, 6) is -1.71. The van der Waals surface area contributed by atoms with Crippen molar-refractivity contribution in [3.05, 3.63) is 23.8 Å². The molecule has 0 aromatic heterocycles. The highest BCUT2D eigenvalue weighted by molar-refractivity contribution is 6.02. The fraction of sp³-hybridized carbons (Fsp3) is 0.417. The molecule has 17 heavy (non-hydrogen) atoms. The Kier molecular flexibility index (Phi) is 3.00. The maximum atomic E-state index is 13.2. The highest BCUT2D eigenvalue weighted by atomic mass is 19.2. The quantitative estimate of drug-likeness (QED) is 0.860. The molecule has 0 unspecified atom stereocenters. The first-order valence-corrected chi connectivity index (χ1v) is 5.52. The average molecular weight is 240 g/mol. The van der Waals surface area contributed by atoms with Gasteiger partial charge in [-0.15, -0.1) is 0 Å². The van der Waals surface area contributed by atoms with Gasteiger partial charge >= 0.3 is 0 Å². The summed E-state index contributed by atoms with van der Waals surface area (Å²) in [5.41, 5.74) is 0.873. The van der Waals surface area contributed by atoms with Gasteiger partial charge in [-0.05, 0) is 5.92 Å². The maximum absolute atomic E-state index is 13.2. The number of fused-ring (bicyclic) bond motifs is 1. The third-order valence-electron chi connectivity index (χ3n) is 2.61. The van der Waals surface area contributed by atoms with E-state index < -0.39 is 11.6 Å². The summed E-state index contributed by atoms with van der Waals surface area (Å²) in [5, 5.41) is 2.79. The summed E-state index contributed by atoms with van der Waals surface area (Å²) in [6.45, 7) is 4.55. The average Bonchev–Trinajstić information content (AvgIpc) is 2.25. The molecule has 1 amide bonds. The van der Waals surface area contributed by atoms with Crippen molar-refractivity contribution in [1.29, 1.82) is 0 Å². The number of amides is 1. The summed E-state index contributed by atoms with van der Waals surface area (Å²) in [6, 6.07) is 2.15. The second-order valence-electron chi connectivity index (χ2n) is 4.54. The van der Waals surface area contributed by atoms with E-state index in [0.717, 1.165) is 12.1 Å². The number of rotatable bonds is 2. The first-order chi connectivity index (χ1) is 7.99. The predicted molar refractivity (Wildman–Crippen MR) is 62.0 cm³/mol. The van der Waals surface area contributed by atoms with E-state index >= 15 is 0 Å². The number of benzene rings is 1. The molecule has 1 heterocycles. The summed E-state index contributed by atoms with van der Waals surface area (Å²) in [6.07, 6.45) is 0. The Hall–Kier alpha value is -1.65. The SMILES string of the molecule is CC(C)CN1C(=O)CNc2cc(F)c(F)cc21. The lowest BCUT2D eigenvalue weighted by Gasteiger charge is -2.31. The van der Waals surface area contributed by atoms with Crippen LogP contribution in [0, 0.1) is 17.6 Å². The van der Waals surface area contributed by atoms with Gasteiger partial charge in [0.05, 0.1) is 17.9 Å². The minimum Gasteiger partial charge on any atom is -0.374 e. The molecule has 1 N–H and O–H groups in total. The fourth-order valence-electron chi connectivity index (χ4n) is 1.87. The number of carbonyl (C=O) groups is 1. The van der Waals surface area contributed by atoms with E-state index in [9.17, 15) is 13.6 Å². The van der Waals surface area contributed by atoms with Crippen molar-refractivity contribution in [1.82, 2.24) is 0 Å². The molecule has 0 aliphatic carbocycles. The second-order valence-corrected chi connectivity index (χ2v) is 4.54. The zero-order valence-corrected chi connectivity index (χ0v) is 9.76. The van der Waals surface area contributed by atoms with Crippen LogP contribution in [0.2, 0.25) is 0 Å². The molecule has 0 fully saturated rings. The van der Waals surface area contributed by atoms with Crippen molar-refractivity contribution >= 4 is 17.3 Å². The highest BCUT2D eigenvalue weighted by Crippen LogP contribution is 2.32. The van der Waals surface area contributed by atoms with Gasteiger partial charge in [-0.25, -0.2) is 8.78 Å². The summed E-state index contributed by atoms with van der Waals surface area (Å²) in [4.78, 5) is 13.2. The number of halogens is 2. The Morgan fingerprint density at radius 1 is 1.35 bits per heavy atom. The van der Waals surface area contributed by atoms with E-state index in [4.69, 9.17) is 0 Å². The highest BCUT2D eigenvalue weighted by Gasteiger charge is 2.26. The van der Waals surface area contributed by atoms with Crippen LogP contribution in [-0.2, 0) is 4.79 Å². The molecule has 92 valence electrons. The van der Waals surface area contributed by atoms with E-state index in [0.29, 0.717) is 17.9 Å². The van der Waals surface area contributed by atoms with Crippen LogP contribution in [0.5, 0.6) is 0 Å². The van der Waals surface area contributed by atoms with Crippen LogP contribution in [0.25, 0.3) is 0 Å². The van der Waals surface area contributed by atoms with Crippen LogP contribution in [-0.4, -0.2) is 19.0 Å². The normalized spacial score (nSPS) is 14.9. The molecule has 1 aromatic carbocycles. The van der Waals surface area contributed by atoms with Gasteiger partial charge in [-0.3, -0.25) is 4.79 Å². The van der Waals surface area contributed by atoms with E-state index in [1.165, 1.54) is 4.90 Å². The minimum atomic E-state index is -0.936. The van der Waals surface area contributed by atoms with Crippen LogP contribution < -0.4 is 10.2 Å². The monoisotopic (exact) mass is 240 g/mol. The fourth-order valence-corrected chi connectivity index (χ4v) is 1.87. The smallest absolute Gasteiger partial charge is 0.246 e. The van der Waals surface area contributed by atoms with Gasteiger partial charge in [0.1, 0.15) is 0 Å². The Bertz CT molecular complexity index is 460. The standard InChI is InChI=1S/C12H14F2N2O/c1-7(2)6-16-11-4-9(14)8(13)3-10(11)15-5-12(16)17/h3-4,7,15H,5-6H2,1-2H3. The Balaban J connectivity index is 2.43. The number of hydrogen-bond acceptors (Lipinski definition) is 2. The lowest BCUT2D eigenvalue weighted by Crippen LogP contribution is -2.42. The molecule has 0 spiro atoms. The first-order valence-electron chi connectivity index (χ1n) is 5.52. The van der Waals surface area contributed by atoms with E-state index in [2.05, 4.69) is 5.32 Å². The van der Waals surface area contributed by atoms with Gasteiger partial charge in [0, 0.05) is 18.7 Å². The number of nitrogens with one attached hydrogen (secondary N) is 1. The maximum Gasteiger partial charge on any atom is 0.246 e. The summed E-state index contributed by atoms with van der Waals surface area (Å²) in [7, 11) is 0. The van der Waals surface area contributed by atoms with Crippen LogP contribution in [0.15, 0.2) is 12.1 Å². The van der Waals surface area contributed by atoms with Gasteiger partial charge in [-0.1, -0.05) is 13.8 Å². The Morgan fingerprint density at radius 2 is 2.00 bits per heavy atom. The first kappa shape index (κ1) is 11.8. The van der Waals surface area contributed by atoms with Crippen molar-refractivity contribution in [2.24, 2.45) is 5.92 Å². The Labute approximate surface area is 98.4 Å². The molecule has 1 aliphatic rings. The summed E-state index contributed by atoms with van der Waals surface area (Å²) >= 11 is 0. The van der Waals surface area contributed by atoms with Crippen molar-refractivity contribution in [3.8, 4) is 0 Å². The molecule has 3 nitrogen and oxygen atoms in total. The molecule has 0 atom stereocenters. The number of hydrogen-bond donors (Lipinski definition) is 1.